The van der Waals surface area contributed by atoms with Gasteiger partial charge in [-0.25, -0.2) is 0 Å². The van der Waals surface area contributed by atoms with Gasteiger partial charge in [0.25, 0.3) is 5.91 Å². The number of hydrogen-bond donors (Lipinski definition) is 1. The summed E-state index contributed by atoms with van der Waals surface area (Å²) in [4.78, 5) is 36.1. The molecule has 1 aromatic heterocycles. The van der Waals surface area contributed by atoms with Crippen LogP contribution in [0, 0.1) is 13.8 Å². The van der Waals surface area contributed by atoms with Crippen molar-refractivity contribution < 1.29 is 19.1 Å². The van der Waals surface area contributed by atoms with Gasteiger partial charge in [-0.3, -0.25) is 14.4 Å². The lowest BCUT2D eigenvalue weighted by atomic mass is 10.0. The zero-order valence-corrected chi connectivity index (χ0v) is 16.0. The highest BCUT2D eigenvalue weighted by molar-refractivity contribution is 7.12. The van der Waals surface area contributed by atoms with E-state index >= 15 is 0 Å². The van der Waals surface area contributed by atoms with Crippen LogP contribution in [0.2, 0.25) is 0 Å². The van der Waals surface area contributed by atoms with Gasteiger partial charge in [0, 0.05) is 6.42 Å². The molecule has 26 heavy (non-hydrogen) atoms. The second-order valence-electron chi connectivity index (χ2n) is 6.19. The fourth-order valence-electron chi connectivity index (χ4n) is 2.39. The maximum absolute atomic E-state index is 12.0. The SMILES string of the molecule is Cc1ccc([C@@H](C)NC(=O)COC(=O)CCC(=O)c2cccs2)cc1C. The molecule has 0 aliphatic carbocycles. The zero-order chi connectivity index (χ0) is 19.1. The summed E-state index contributed by atoms with van der Waals surface area (Å²) >= 11 is 1.34. The Kier molecular flexibility index (Phi) is 7.09. The number of ether oxygens (including phenoxy) is 1. The number of benzene rings is 1. The van der Waals surface area contributed by atoms with Crippen molar-refractivity contribution in [1.29, 1.82) is 0 Å². The van der Waals surface area contributed by atoms with Crippen molar-refractivity contribution in [3.05, 3.63) is 57.3 Å². The van der Waals surface area contributed by atoms with Crippen molar-refractivity contribution in [2.75, 3.05) is 6.61 Å². The standard InChI is InChI=1S/C20H23NO4S/c1-13-6-7-16(11-14(13)2)15(3)21-19(23)12-25-20(24)9-8-17(22)18-5-4-10-26-18/h4-7,10-11,15H,8-9,12H2,1-3H3,(H,21,23)/t15-/m1/s1. The average molecular weight is 373 g/mol. The molecule has 1 N–H and O–H groups in total. The van der Waals surface area contributed by atoms with E-state index in [-0.39, 0.29) is 37.2 Å². The number of hydrogen-bond acceptors (Lipinski definition) is 5. The minimum absolute atomic E-state index is 0.0310. The molecule has 1 aromatic carbocycles. The Bertz CT molecular complexity index is 783. The maximum Gasteiger partial charge on any atom is 0.306 e. The number of thiophene rings is 1. The fourth-order valence-corrected chi connectivity index (χ4v) is 3.09. The van der Waals surface area contributed by atoms with E-state index in [4.69, 9.17) is 4.74 Å². The van der Waals surface area contributed by atoms with Crippen molar-refractivity contribution in [2.45, 2.75) is 39.7 Å². The summed E-state index contributed by atoms with van der Waals surface area (Å²) in [5, 5.41) is 4.62. The molecule has 0 saturated carbocycles. The Balaban J connectivity index is 1.72. The van der Waals surface area contributed by atoms with E-state index in [1.807, 2.05) is 44.4 Å². The van der Waals surface area contributed by atoms with Gasteiger partial charge in [-0.1, -0.05) is 24.3 Å². The number of Topliss-reactive ketones (excluding diaryl/α,β-unsaturated/α-hetero) is 1. The largest absolute Gasteiger partial charge is 0.456 e. The molecule has 1 atom stereocenters. The van der Waals surface area contributed by atoms with E-state index in [2.05, 4.69) is 5.32 Å². The van der Waals surface area contributed by atoms with E-state index in [1.54, 1.807) is 12.1 Å². The molecule has 0 unspecified atom stereocenters. The van der Waals surface area contributed by atoms with Gasteiger partial charge < -0.3 is 10.1 Å². The lowest BCUT2D eigenvalue weighted by Gasteiger charge is -2.15. The maximum atomic E-state index is 12.0. The van der Waals surface area contributed by atoms with E-state index in [1.165, 1.54) is 16.9 Å². The molecule has 2 rings (SSSR count). The molecular formula is C20H23NO4S. The number of amides is 1. The van der Waals surface area contributed by atoms with E-state index in [9.17, 15) is 14.4 Å². The van der Waals surface area contributed by atoms with Crippen LogP contribution in [0.3, 0.4) is 0 Å². The van der Waals surface area contributed by atoms with Crippen LogP contribution in [0.5, 0.6) is 0 Å². The first kappa shape index (κ1) is 19.8. The Labute approximate surface area is 157 Å². The first-order valence-corrected chi connectivity index (χ1v) is 9.33. The van der Waals surface area contributed by atoms with Gasteiger partial charge in [0.2, 0.25) is 0 Å². The van der Waals surface area contributed by atoms with Crippen LogP contribution < -0.4 is 5.32 Å². The topological polar surface area (TPSA) is 72.5 Å². The van der Waals surface area contributed by atoms with Crippen LogP contribution in [-0.4, -0.2) is 24.3 Å². The predicted molar refractivity (Wildman–Crippen MR) is 101 cm³/mol. The first-order chi connectivity index (χ1) is 12.4. The molecule has 138 valence electrons. The molecule has 1 amide bonds. The van der Waals surface area contributed by atoms with Gasteiger partial charge >= 0.3 is 5.97 Å². The molecule has 0 fully saturated rings. The van der Waals surface area contributed by atoms with E-state index in [0.29, 0.717) is 4.88 Å². The minimum atomic E-state index is -0.552. The molecule has 0 saturated heterocycles. The molecule has 0 aliphatic rings. The van der Waals surface area contributed by atoms with Crippen LogP contribution >= 0.6 is 11.3 Å². The van der Waals surface area contributed by atoms with Crippen molar-refractivity contribution in [3.8, 4) is 0 Å². The van der Waals surface area contributed by atoms with Crippen molar-refractivity contribution >= 4 is 29.0 Å². The molecule has 6 heteroatoms. The van der Waals surface area contributed by atoms with Gasteiger partial charge in [0.05, 0.1) is 17.3 Å². The number of esters is 1. The number of carbonyl (C=O) groups excluding carboxylic acids is 3. The third kappa shape index (κ3) is 5.81. The van der Waals surface area contributed by atoms with E-state index < -0.39 is 5.97 Å². The van der Waals surface area contributed by atoms with Gasteiger partial charge in [-0.2, -0.15) is 0 Å². The molecule has 0 spiro atoms. The van der Waals surface area contributed by atoms with Crippen molar-refractivity contribution in [2.24, 2.45) is 0 Å². The highest BCUT2D eigenvalue weighted by Crippen LogP contribution is 2.16. The molecule has 5 nitrogen and oxygen atoms in total. The Morgan fingerprint density at radius 1 is 1.12 bits per heavy atom. The van der Waals surface area contributed by atoms with Crippen LogP contribution in [0.25, 0.3) is 0 Å². The predicted octanol–water partition coefficient (Wildman–Crippen LogP) is 3.75. The molecule has 0 bridgehead atoms. The average Bonchev–Trinajstić information content (AvgIpc) is 3.14. The van der Waals surface area contributed by atoms with Gasteiger partial charge in [-0.15, -0.1) is 11.3 Å². The second kappa shape index (κ2) is 9.29. The summed E-state index contributed by atoms with van der Waals surface area (Å²) in [5.74, 6) is -1.01. The Morgan fingerprint density at radius 2 is 1.88 bits per heavy atom. The molecular weight excluding hydrogens is 350 g/mol. The smallest absolute Gasteiger partial charge is 0.306 e. The van der Waals surface area contributed by atoms with Gasteiger partial charge in [-0.05, 0) is 48.9 Å². The van der Waals surface area contributed by atoms with Crippen molar-refractivity contribution in [3.63, 3.8) is 0 Å². The van der Waals surface area contributed by atoms with Crippen LogP contribution in [-0.2, 0) is 14.3 Å². The highest BCUT2D eigenvalue weighted by atomic mass is 32.1. The molecule has 0 radical (unpaired) electrons. The Morgan fingerprint density at radius 3 is 2.54 bits per heavy atom. The second-order valence-corrected chi connectivity index (χ2v) is 7.14. The molecule has 2 aromatic rings. The third-order valence-electron chi connectivity index (χ3n) is 4.12. The Hall–Kier alpha value is -2.47. The van der Waals surface area contributed by atoms with Crippen molar-refractivity contribution in [1.82, 2.24) is 5.32 Å². The van der Waals surface area contributed by atoms with Crippen LogP contribution in [0.4, 0.5) is 0 Å². The number of carbonyl (C=O) groups is 3. The quantitative estimate of drug-likeness (QED) is 0.565. The summed E-state index contributed by atoms with van der Waals surface area (Å²) in [6.45, 7) is 5.59. The summed E-state index contributed by atoms with van der Waals surface area (Å²) < 4.78 is 4.95. The van der Waals surface area contributed by atoms with Gasteiger partial charge in [0.15, 0.2) is 12.4 Å². The normalized spacial score (nSPS) is 11.7. The monoisotopic (exact) mass is 373 g/mol. The number of nitrogens with one attached hydrogen (secondary N) is 1. The number of aryl methyl sites for hydroxylation is 2. The highest BCUT2D eigenvalue weighted by Gasteiger charge is 2.14. The third-order valence-corrected chi connectivity index (χ3v) is 5.04. The fraction of sp³-hybridized carbons (Fsp3) is 0.350. The summed E-state index contributed by atoms with van der Waals surface area (Å²) in [6, 6.07) is 9.34. The summed E-state index contributed by atoms with van der Waals surface area (Å²) in [5.41, 5.74) is 3.35. The summed E-state index contributed by atoms with van der Waals surface area (Å²) in [7, 11) is 0. The lowest BCUT2D eigenvalue weighted by Crippen LogP contribution is -2.31. The number of rotatable bonds is 8. The van der Waals surface area contributed by atoms with Crippen LogP contribution in [0.15, 0.2) is 35.7 Å². The lowest BCUT2D eigenvalue weighted by molar-refractivity contribution is -0.148. The summed E-state index contributed by atoms with van der Waals surface area (Å²) in [6.07, 6.45) is 0.0523. The molecule has 1 heterocycles. The van der Waals surface area contributed by atoms with Crippen LogP contribution in [0.1, 0.15) is 52.2 Å². The van der Waals surface area contributed by atoms with E-state index in [0.717, 1.165) is 11.1 Å². The minimum Gasteiger partial charge on any atom is -0.456 e. The van der Waals surface area contributed by atoms with Gasteiger partial charge in [0.1, 0.15) is 0 Å². The molecule has 0 aliphatic heterocycles. The zero-order valence-electron chi connectivity index (χ0n) is 15.2. The first-order valence-electron chi connectivity index (χ1n) is 8.45. The number of ketones is 1.